The van der Waals surface area contributed by atoms with E-state index in [0.29, 0.717) is 6.04 Å². The van der Waals surface area contributed by atoms with Crippen LogP contribution in [0.2, 0.25) is 0 Å². The molecule has 3 nitrogen and oxygen atoms in total. The Balaban J connectivity index is 2.24. The first-order chi connectivity index (χ1) is 7.13. The van der Waals surface area contributed by atoms with Crippen molar-refractivity contribution in [1.29, 1.82) is 0 Å². The number of nitrogens with one attached hydrogen (secondary N) is 1. The maximum atomic E-state index is 9.34. The van der Waals surface area contributed by atoms with Gasteiger partial charge in [0, 0.05) is 18.6 Å². The standard InChI is InChI=1S/C12H26N2O/c1-4-13-11-5-7-12(8-6-11)14(3)9-10(2)15/h10-13,15H,4-9H2,1-3H3. The molecule has 0 aromatic rings. The van der Waals surface area contributed by atoms with Gasteiger partial charge < -0.3 is 15.3 Å². The second-order valence-electron chi connectivity index (χ2n) is 4.85. The SMILES string of the molecule is CCNC1CCC(N(C)CC(C)O)CC1. The van der Waals surface area contributed by atoms with E-state index in [9.17, 15) is 5.11 Å². The van der Waals surface area contributed by atoms with E-state index in [1.807, 2.05) is 6.92 Å². The Bertz CT molecular complexity index is 165. The van der Waals surface area contributed by atoms with Crippen molar-refractivity contribution < 1.29 is 5.11 Å². The minimum absolute atomic E-state index is 0.207. The normalized spacial score (nSPS) is 29.4. The predicted molar refractivity (Wildman–Crippen MR) is 64.0 cm³/mol. The van der Waals surface area contributed by atoms with E-state index in [1.54, 1.807) is 0 Å². The van der Waals surface area contributed by atoms with Crippen LogP contribution in [0.3, 0.4) is 0 Å². The summed E-state index contributed by atoms with van der Waals surface area (Å²) in [5, 5.41) is 12.9. The molecule has 1 aliphatic carbocycles. The number of aliphatic hydroxyl groups is 1. The molecule has 1 unspecified atom stereocenters. The Morgan fingerprint density at radius 2 is 1.93 bits per heavy atom. The number of hydrogen-bond acceptors (Lipinski definition) is 3. The predicted octanol–water partition coefficient (Wildman–Crippen LogP) is 1.22. The highest BCUT2D eigenvalue weighted by atomic mass is 16.3. The molecule has 0 heterocycles. The van der Waals surface area contributed by atoms with Crippen molar-refractivity contribution in [3.05, 3.63) is 0 Å². The van der Waals surface area contributed by atoms with Gasteiger partial charge in [-0.05, 0) is 46.2 Å². The first-order valence-electron chi connectivity index (χ1n) is 6.25. The Morgan fingerprint density at radius 1 is 1.33 bits per heavy atom. The molecular formula is C12H26N2O. The van der Waals surface area contributed by atoms with E-state index < -0.39 is 0 Å². The van der Waals surface area contributed by atoms with Gasteiger partial charge in [-0.1, -0.05) is 6.92 Å². The fourth-order valence-corrected chi connectivity index (χ4v) is 2.58. The van der Waals surface area contributed by atoms with Crippen LogP contribution in [0.1, 0.15) is 39.5 Å². The molecular weight excluding hydrogens is 188 g/mol. The zero-order valence-electron chi connectivity index (χ0n) is 10.4. The average molecular weight is 214 g/mol. The molecule has 0 bridgehead atoms. The number of nitrogens with zero attached hydrogens (tertiary/aromatic N) is 1. The lowest BCUT2D eigenvalue weighted by molar-refractivity contribution is 0.0978. The second-order valence-corrected chi connectivity index (χ2v) is 4.85. The van der Waals surface area contributed by atoms with Crippen LogP contribution in [0.15, 0.2) is 0 Å². The zero-order chi connectivity index (χ0) is 11.3. The monoisotopic (exact) mass is 214 g/mol. The van der Waals surface area contributed by atoms with Crippen LogP contribution >= 0.6 is 0 Å². The molecule has 15 heavy (non-hydrogen) atoms. The Labute approximate surface area is 93.9 Å². The summed E-state index contributed by atoms with van der Waals surface area (Å²) < 4.78 is 0. The summed E-state index contributed by atoms with van der Waals surface area (Å²) >= 11 is 0. The Kier molecular flexibility index (Phi) is 5.58. The van der Waals surface area contributed by atoms with Crippen molar-refractivity contribution in [3.63, 3.8) is 0 Å². The Hall–Kier alpha value is -0.120. The van der Waals surface area contributed by atoms with Crippen LogP contribution < -0.4 is 5.32 Å². The van der Waals surface area contributed by atoms with E-state index in [4.69, 9.17) is 0 Å². The smallest absolute Gasteiger partial charge is 0.0639 e. The summed E-state index contributed by atoms with van der Waals surface area (Å²) in [6.45, 7) is 5.92. The highest BCUT2D eigenvalue weighted by Crippen LogP contribution is 2.22. The molecule has 3 heteroatoms. The van der Waals surface area contributed by atoms with Gasteiger partial charge in [0.1, 0.15) is 0 Å². The van der Waals surface area contributed by atoms with Crippen molar-refractivity contribution in [2.45, 2.75) is 57.7 Å². The summed E-state index contributed by atoms with van der Waals surface area (Å²) in [7, 11) is 2.13. The highest BCUT2D eigenvalue weighted by Gasteiger charge is 2.23. The number of rotatable bonds is 5. The first-order valence-corrected chi connectivity index (χ1v) is 6.25. The van der Waals surface area contributed by atoms with Crippen molar-refractivity contribution >= 4 is 0 Å². The summed E-state index contributed by atoms with van der Waals surface area (Å²) in [6, 6.07) is 1.40. The van der Waals surface area contributed by atoms with Gasteiger partial charge in [0.15, 0.2) is 0 Å². The Morgan fingerprint density at radius 3 is 2.40 bits per heavy atom. The van der Waals surface area contributed by atoms with Gasteiger partial charge in [-0.2, -0.15) is 0 Å². The lowest BCUT2D eigenvalue weighted by Gasteiger charge is -2.35. The van der Waals surface area contributed by atoms with Crippen LogP contribution in [0, 0.1) is 0 Å². The van der Waals surface area contributed by atoms with Crippen molar-refractivity contribution in [2.75, 3.05) is 20.1 Å². The fraction of sp³-hybridized carbons (Fsp3) is 1.00. The van der Waals surface area contributed by atoms with Gasteiger partial charge in [-0.25, -0.2) is 0 Å². The van der Waals surface area contributed by atoms with Gasteiger partial charge in [-0.3, -0.25) is 0 Å². The molecule has 0 aromatic carbocycles. The van der Waals surface area contributed by atoms with Crippen LogP contribution in [-0.4, -0.2) is 48.3 Å². The zero-order valence-corrected chi connectivity index (χ0v) is 10.4. The molecule has 1 saturated carbocycles. The van der Waals surface area contributed by atoms with Crippen LogP contribution in [0.4, 0.5) is 0 Å². The first kappa shape index (κ1) is 12.9. The van der Waals surface area contributed by atoms with Gasteiger partial charge in [0.25, 0.3) is 0 Å². The molecule has 1 rings (SSSR count). The van der Waals surface area contributed by atoms with E-state index in [2.05, 4.69) is 24.2 Å². The highest BCUT2D eigenvalue weighted by molar-refractivity contribution is 4.81. The topological polar surface area (TPSA) is 35.5 Å². The van der Waals surface area contributed by atoms with Gasteiger partial charge >= 0.3 is 0 Å². The van der Waals surface area contributed by atoms with Crippen LogP contribution in [0.25, 0.3) is 0 Å². The molecule has 0 saturated heterocycles. The second kappa shape index (κ2) is 6.46. The molecule has 0 spiro atoms. The summed E-state index contributed by atoms with van der Waals surface area (Å²) in [4.78, 5) is 2.31. The van der Waals surface area contributed by atoms with E-state index in [0.717, 1.165) is 19.1 Å². The number of hydrogen-bond donors (Lipinski definition) is 2. The van der Waals surface area contributed by atoms with Gasteiger partial charge in [0.05, 0.1) is 6.10 Å². The summed E-state index contributed by atoms with van der Waals surface area (Å²) in [5.41, 5.74) is 0. The summed E-state index contributed by atoms with van der Waals surface area (Å²) in [6.07, 6.45) is 4.88. The lowest BCUT2D eigenvalue weighted by atomic mass is 9.90. The van der Waals surface area contributed by atoms with Crippen molar-refractivity contribution in [3.8, 4) is 0 Å². The van der Waals surface area contributed by atoms with Crippen LogP contribution in [0.5, 0.6) is 0 Å². The lowest BCUT2D eigenvalue weighted by Crippen LogP contribution is -2.42. The molecule has 2 N–H and O–H groups in total. The van der Waals surface area contributed by atoms with Crippen molar-refractivity contribution in [2.24, 2.45) is 0 Å². The van der Waals surface area contributed by atoms with E-state index in [-0.39, 0.29) is 6.10 Å². The maximum absolute atomic E-state index is 9.34. The molecule has 0 radical (unpaired) electrons. The van der Waals surface area contributed by atoms with Gasteiger partial charge in [-0.15, -0.1) is 0 Å². The third-order valence-electron chi connectivity index (χ3n) is 3.37. The maximum Gasteiger partial charge on any atom is 0.0639 e. The largest absolute Gasteiger partial charge is 0.392 e. The van der Waals surface area contributed by atoms with E-state index >= 15 is 0 Å². The molecule has 1 aliphatic rings. The van der Waals surface area contributed by atoms with Crippen LogP contribution in [-0.2, 0) is 0 Å². The minimum atomic E-state index is -0.207. The van der Waals surface area contributed by atoms with Crippen molar-refractivity contribution in [1.82, 2.24) is 10.2 Å². The quantitative estimate of drug-likeness (QED) is 0.722. The third kappa shape index (κ3) is 4.49. The molecule has 90 valence electrons. The van der Waals surface area contributed by atoms with E-state index in [1.165, 1.54) is 25.7 Å². The van der Waals surface area contributed by atoms with Gasteiger partial charge in [0.2, 0.25) is 0 Å². The third-order valence-corrected chi connectivity index (χ3v) is 3.37. The molecule has 1 fully saturated rings. The number of aliphatic hydroxyl groups excluding tert-OH is 1. The minimum Gasteiger partial charge on any atom is -0.392 e. The average Bonchev–Trinajstić information content (AvgIpc) is 2.18. The fourth-order valence-electron chi connectivity index (χ4n) is 2.58. The molecule has 1 atom stereocenters. The molecule has 0 aliphatic heterocycles. The number of likely N-dealkylation sites (N-methyl/N-ethyl adjacent to an activating group) is 1. The molecule has 0 aromatic heterocycles. The molecule has 0 amide bonds. The summed E-state index contributed by atoms with van der Waals surface area (Å²) in [5.74, 6) is 0.